The van der Waals surface area contributed by atoms with Crippen molar-refractivity contribution >= 4 is 39.5 Å². The van der Waals surface area contributed by atoms with Gasteiger partial charge in [0.1, 0.15) is 0 Å². The Kier molecular flexibility index (Phi) is 7.56. The lowest BCUT2D eigenvalue weighted by Crippen LogP contribution is -2.13. The Labute approximate surface area is 193 Å². The van der Waals surface area contributed by atoms with Crippen LogP contribution < -0.4 is 4.72 Å². The van der Waals surface area contributed by atoms with Crippen molar-refractivity contribution in [2.45, 2.75) is 51.0 Å². The molecule has 9 heteroatoms. The molecule has 0 saturated heterocycles. The number of aromatic amines is 1. The molecule has 3 aromatic rings. The number of aromatic nitrogens is 3. The van der Waals surface area contributed by atoms with E-state index in [2.05, 4.69) is 35.7 Å². The molecule has 0 saturated carbocycles. The monoisotopic (exact) mass is 478 g/mol. The maximum absolute atomic E-state index is 12.9. The first-order chi connectivity index (χ1) is 14.7. The minimum Gasteiger partial charge on any atom is -0.297 e. The second-order valence-electron chi connectivity index (χ2n) is 8.01. The summed E-state index contributed by atoms with van der Waals surface area (Å²) in [6.07, 6.45) is 3.19. The zero-order chi connectivity index (χ0) is 22.6. The lowest BCUT2D eigenvalue weighted by atomic mass is 10.0. The van der Waals surface area contributed by atoms with Crippen molar-refractivity contribution in [2.75, 3.05) is 4.72 Å². The molecule has 2 aromatic carbocycles. The van der Waals surface area contributed by atoms with Crippen LogP contribution in [0.2, 0.25) is 5.02 Å². The third kappa shape index (κ3) is 5.75. The molecule has 6 nitrogen and oxygen atoms in total. The molecule has 166 valence electrons. The normalized spacial score (nSPS) is 12.8. The third-order valence-corrected chi connectivity index (χ3v) is 7.05. The van der Waals surface area contributed by atoms with Crippen molar-refractivity contribution in [1.82, 2.24) is 14.8 Å². The van der Waals surface area contributed by atoms with Gasteiger partial charge >= 0.3 is 0 Å². The number of nitrogens with zero attached hydrogens (tertiary/aromatic N) is 2. The first-order valence-corrected chi connectivity index (χ1v) is 12.5. The lowest BCUT2D eigenvalue weighted by molar-refractivity contribution is 0.446. The Hall–Kier alpha value is -2.16. The molecule has 1 aromatic heterocycles. The average Bonchev–Trinajstić information content (AvgIpc) is 3.11. The molecule has 0 bridgehead atoms. The number of rotatable bonds is 9. The summed E-state index contributed by atoms with van der Waals surface area (Å²) < 4.78 is 30.9. The number of anilines is 1. The molecule has 0 aliphatic carbocycles. The first-order valence-electron chi connectivity index (χ1n) is 10.2. The fourth-order valence-corrected chi connectivity index (χ4v) is 5.09. The summed E-state index contributed by atoms with van der Waals surface area (Å²) in [6.45, 7) is 6.53. The summed E-state index contributed by atoms with van der Waals surface area (Å²) in [7, 11) is -3.82. The largest absolute Gasteiger partial charge is 0.297 e. The predicted molar refractivity (Wildman–Crippen MR) is 129 cm³/mol. The fraction of sp³-hybridized carbons (Fsp3) is 0.364. The number of benzene rings is 2. The van der Waals surface area contributed by atoms with Crippen LogP contribution in [0.3, 0.4) is 0 Å². The van der Waals surface area contributed by atoms with Crippen LogP contribution in [0.5, 0.6) is 0 Å². The molecular weight excluding hydrogens is 452 g/mol. The summed E-state index contributed by atoms with van der Waals surface area (Å²) in [5, 5.41) is 7.57. The van der Waals surface area contributed by atoms with Gasteiger partial charge in [0.05, 0.1) is 15.6 Å². The highest BCUT2D eigenvalue weighted by Gasteiger charge is 2.19. The topological polar surface area (TPSA) is 79.8 Å². The molecule has 1 heterocycles. The number of halogens is 1. The quantitative estimate of drug-likeness (QED) is 0.346. The molecule has 0 aliphatic heterocycles. The van der Waals surface area contributed by atoms with E-state index in [1.165, 1.54) is 0 Å². The van der Waals surface area contributed by atoms with E-state index in [1.807, 2.05) is 10.6 Å². The Morgan fingerprint density at radius 2 is 1.87 bits per heavy atom. The SMILES string of the molecule is CC(C)CCC[C@@H](C)n1c(-c2cccc(S(=O)(=O)Nc3ccccc3Cl)c2)n[nH]c1=S. The Morgan fingerprint density at radius 1 is 1.13 bits per heavy atom. The van der Waals surface area contributed by atoms with Gasteiger partial charge < -0.3 is 0 Å². The summed E-state index contributed by atoms with van der Waals surface area (Å²) in [5.74, 6) is 1.27. The molecular formula is C22H27ClN4O2S2. The number of hydrogen-bond donors (Lipinski definition) is 2. The van der Waals surface area contributed by atoms with Crippen LogP contribution in [0.25, 0.3) is 11.4 Å². The molecule has 1 atom stereocenters. The fourth-order valence-electron chi connectivity index (χ4n) is 3.42. The van der Waals surface area contributed by atoms with Crippen molar-refractivity contribution < 1.29 is 8.42 Å². The molecule has 0 spiro atoms. The van der Waals surface area contributed by atoms with Crippen molar-refractivity contribution in [2.24, 2.45) is 5.92 Å². The first kappa shape index (κ1) is 23.5. The number of sulfonamides is 1. The minimum atomic E-state index is -3.82. The van der Waals surface area contributed by atoms with Gasteiger partial charge in [-0.2, -0.15) is 5.10 Å². The highest BCUT2D eigenvalue weighted by atomic mass is 35.5. The maximum atomic E-state index is 12.9. The van der Waals surface area contributed by atoms with E-state index in [0.717, 1.165) is 19.3 Å². The number of hydrogen-bond acceptors (Lipinski definition) is 4. The zero-order valence-corrected chi connectivity index (χ0v) is 20.2. The van der Waals surface area contributed by atoms with E-state index in [1.54, 1.807) is 42.5 Å². The van der Waals surface area contributed by atoms with E-state index < -0.39 is 10.0 Å². The minimum absolute atomic E-state index is 0.123. The van der Waals surface area contributed by atoms with Gasteiger partial charge in [-0.25, -0.2) is 8.42 Å². The molecule has 3 rings (SSSR count). The highest BCUT2D eigenvalue weighted by molar-refractivity contribution is 7.92. The zero-order valence-electron chi connectivity index (χ0n) is 17.8. The van der Waals surface area contributed by atoms with Crippen molar-refractivity contribution in [3.63, 3.8) is 0 Å². The number of H-pyrrole nitrogens is 1. The predicted octanol–water partition coefficient (Wildman–Crippen LogP) is 6.45. The van der Waals surface area contributed by atoms with Gasteiger partial charge in [0.2, 0.25) is 0 Å². The van der Waals surface area contributed by atoms with E-state index in [-0.39, 0.29) is 10.9 Å². The van der Waals surface area contributed by atoms with E-state index in [9.17, 15) is 8.42 Å². The smallest absolute Gasteiger partial charge is 0.261 e. The molecule has 0 unspecified atom stereocenters. The summed E-state index contributed by atoms with van der Waals surface area (Å²) in [5.41, 5.74) is 1.00. The van der Waals surface area contributed by atoms with Gasteiger partial charge in [-0.1, -0.05) is 62.6 Å². The van der Waals surface area contributed by atoms with Crippen LogP contribution in [0.15, 0.2) is 53.4 Å². The second-order valence-corrected chi connectivity index (χ2v) is 10.5. The van der Waals surface area contributed by atoms with Gasteiger partial charge in [-0.3, -0.25) is 14.4 Å². The van der Waals surface area contributed by atoms with Crippen LogP contribution in [0.1, 0.15) is 46.1 Å². The van der Waals surface area contributed by atoms with Crippen LogP contribution >= 0.6 is 23.8 Å². The standard InChI is InChI=1S/C22H27ClN4O2S2/c1-15(2)8-6-9-16(3)27-21(24-25-22(27)30)17-10-7-11-18(14-17)31(28,29)26-20-13-5-4-12-19(20)23/h4-5,7,10-16,26H,6,8-9H2,1-3H3,(H,25,30)/t16-/m1/s1. The van der Waals surface area contributed by atoms with Crippen molar-refractivity contribution in [3.8, 4) is 11.4 Å². The van der Waals surface area contributed by atoms with Crippen LogP contribution in [0, 0.1) is 10.7 Å². The summed E-state index contributed by atoms with van der Waals surface area (Å²) in [4.78, 5) is 0.123. The van der Waals surface area contributed by atoms with E-state index in [4.69, 9.17) is 23.8 Å². The van der Waals surface area contributed by atoms with Gasteiger partial charge in [0.15, 0.2) is 10.6 Å². The van der Waals surface area contributed by atoms with Crippen molar-refractivity contribution in [1.29, 1.82) is 0 Å². The molecule has 2 N–H and O–H groups in total. The summed E-state index contributed by atoms with van der Waals surface area (Å²) in [6, 6.07) is 13.5. The molecule has 0 aliphatic rings. The Balaban J connectivity index is 1.90. The van der Waals surface area contributed by atoms with E-state index in [0.29, 0.717) is 32.8 Å². The van der Waals surface area contributed by atoms with Gasteiger partial charge in [0, 0.05) is 11.6 Å². The molecule has 0 fully saturated rings. The summed E-state index contributed by atoms with van der Waals surface area (Å²) >= 11 is 11.6. The number of nitrogens with one attached hydrogen (secondary N) is 2. The van der Waals surface area contributed by atoms with Gasteiger partial charge in [0.25, 0.3) is 10.0 Å². The molecule has 0 radical (unpaired) electrons. The van der Waals surface area contributed by atoms with Crippen LogP contribution in [0.4, 0.5) is 5.69 Å². The lowest BCUT2D eigenvalue weighted by Gasteiger charge is -2.17. The third-order valence-electron chi connectivity index (χ3n) is 5.07. The maximum Gasteiger partial charge on any atom is 0.261 e. The Morgan fingerprint density at radius 3 is 2.58 bits per heavy atom. The molecule has 0 amide bonds. The number of para-hydroxylation sites is 1. The van der Waals surface area contributed by atoms with Gasteiger partial charge in [-0.15, -0.1) is 0 Å². The molecule has 31 heavy (non-hydrogen) atoms. The van der Waals surface area contributed by atoms with Crippen LogP contribution in [-0.4, -0.2) is 23.2 Å². The second kappa shape index (κ2) is 9.97. The van der Waals surface area contributed by atoms with Crippen molar-refractivity contribution in [3.05, 3.63) is 58.3 Å². The average molecular weight is 479 g/mol. The Bertz CT molecular complexity index is 1200. The van der Waals surface area contributed by atoms with Gasteiger partial charge in [-0.05, 0) is 55.7 Å². The van der Waals surface area contributed by atoms with Crippen LogP contribution in [-0.2, 0) is 10.0 Å². The van der Waals surface area contributed by atoms with E-state index >= 15 is 0 Å². The highest BCUT2D eigenvalue weighted by Crippen LogP contribution is 2.28.